The third-order valence-corrected chi connectivity index (χ3v) is 9.04. The van der Waals surface area contributed by atoms with E-state index in [1.165, 1.54) is 21.5 Å². The molecule has 4 rings (SSSR count). The molecule has 4 aromatic rings. The van der Waals surface area contributed by atoms with Crippen LogP contribution in [0, 0.1) is 6.92 Å². The van der Waals surface area contributed by atoms with Gasteiger partial charge in [0.05, 0.1) is 12.7 Å². The lowest BCUT2D eigenvalue weighted by molar-refractivity contribution is 1.42. The Morgan fingerprint density at radius 2 is 1.04 bits per heavy atom. The molecule has 0 atom stereocenters. The van der Waals surface area contributed by atoms with Gasteiger partial charge in [0.2, 0.25) is 0 Å². The zero-order valence-electron chi connectivity index (χ0n) is 15.7. The van der Waals surface area contributed by atoms with Gasteiger partial charge in [-0.1, -0.05) is 97.1 Å². The van der Waals surface area contributed by atoms with Gasteiger partial charge in [-0.2, -0.15) is 0 Å². The van der Waals surface area contributed by atoms with E-state index in [0.717, 1.165) is 10.2 Å². The number of hydrogen-bond donors (Lipinski definition) is 0. The SMILES string of the molecule is Cc1ccc(N=P(c2ccccc2)(c2ccccc2)c2ccccc2)c(Br)c1. The molecule has 0 saturated heterocycles. The fourth-order valence-electron chi connectivity index (χ4n) is 3.41. The molecule has 3 heteroatoms. The molecule has 0 unspecified atom stereocenters. The van der Waals surface area contributed by atoms with Gasteiger partial charge in [-0.25, -0.2) is 0 Å². The molecule has 0 amide bonds. The van der Waals surface area contributed by atoms with Crippen LogP contribution < -0.4 is 15.9 Å². The van der Waals surface area contributed by atoms with E-state index in [0.29, 0.717) is 0 Å². The highest BCUT2D eigenvalue weighted by Crippen LogP contribution is 2.50. The number of benzene rings is 4. The van der Waals surface area contributed by atoms with Crippen LogP contribution in [0.3, 0.4) is 0 Å². The fourth-order valence-corrected chi connectivity index (χ4v) is 7.67. The zero-order valence-corrected chi connectivity index (χ0v) is 18.1. The zero-order chi connectivity index (χ0) is 19.4. The maximum atomic E-state index is 5.51. The highest BCUT2D eigenvalue weighted by Gasteiger charge is 2.27. The van der Waals surface area contributed by atoms with Crippen molar-refractivity contribution in [1.82, 2.24) is 0 Å². The molecule has 0 heterocycles. The monoisotopic (exact) mass is 445 g/mol. The van der Waals surface area contributed by atoms with Crippen molar-refractivity contribution >= 4 is 44.6 Å². The second-order valence-corrected chi connectivity index (χ2v) is 10.6. The topological polar surface area (TPSA) is 12.4 Å². The number of halogens is 1. The molecule has 0 aliphatic heterocycles. The molecule has 0 aliphatic carbocycles. The minimum absolute atomic E-state index is 0.982. The van der Waals surface area contributed by atoms with E-state index in [9.17, 15) is 0 Å². The molecule has 138 valence electrons. The first-order chi connectivity index (χ1) is 13.7. The first-order valence-electron chi connectivity index (χ1n) is 9.25. The van der Waals surface area contributed by atoms with Gasteiger partial charge in [-0.15, -0.1) is 0 Å². The Hall–Kier alpha value is -2.41. The lowest BCUT2D eigenvalue weighted by Crippen LogP contribution is -2.25. The van der Waals surface area contributed by atoms with E-state index in [1.807, 2.05) is 0 Å². The van der Waals surface area contributed by atoms with Gasteiger partial charge in [0.25, 0.3) is 0 Å². The maximum absolute atomic E-state index is 5.51. The van der Waals surface area contributed by atoms with Crippen molar-refractivity contribution in [2.24, 2.45) is 4.74 Å². The predicted molar refractivity (Wildman–Crippen MR) is 126 cm³/mol. The molecule has 1 nitrogen and oxygen atoms in total. The van der Waals surface area contributed by atoms with Crippen molar-refractivity contribution in [3.8, 4) is 0 Å². The van der Waals surface area contributed by atoms with Crippen molar-refractivity contribution in [2.75, 3.05) is 0 Å². The lowest BCUT2D eigenvalue weighted by atomic mass is 10.2. The van der Waals surface area contributed by atoms with Gasteiger partial charge in [-0.05, 0) is 40.5 Å². The standard InChI is InChI=1S/C25H21BrNP/c1-20-17-18-25(24(26)19-20)27-28(21-11-5-2-6-12-21,22-13-7-3-8-14-22)23-15-9-4-10-16-23/h2-19H,1H3. The fraction of sp³-hybridized carbons (Fsp3) is 0.0400. The average molecular weight is 446 g/mol. The normalized spacial score (nSPS) is 11.2. The minimum Gasteiger partial charge on any atom is -0.253 e. The summed E-state index contributed by atoms with van der Waals surface area (Å²) in [4.78, 5) is 0. The summed E-state index contributed by atoms with van der Waals surface area (Å²) in [5, 5.41) is 3.75. The molecule has 0 fully saturated rings. The predicted octanol–water partition coefficient (Wildman–Crippen LogP) is 6.57. The van der Waals surface area contributed by atoms with Crippen LogP contribution in [0.4, 0.5) is 5.69 Å². The summed E-state index contributed by atoms with van der Waals surface area (Å²) < 4.78 is 6.53. The van der Waals surface area contributed by atoms with Crippen molar-refractivity contribution in [3.05, 3.63) is 119 Å². The summed E-state index contributed by atoms with van der Waals surface area (Å²) >= 11 is 3.74. The maximum Gasteiger partial charge on any atom is 0.0767 e. The smallest absolute Gasteiger partial charge is 0.0767 e. The Balaban J connectivity index is 2.14. The van der Waals surface area contributed by atoms with Gasteiger partial charge in [-0.3, -0.25) is 4.74 Å². The van der Waals surface area contributed by atoms with E-state index in [1.54, 1.807) is 0 Å². The van der Waals surface area contributed by atoms with E-state index >= 15 is 0 Å². The van der Waals surface area contributed by atoms with Crippen molar-refractivity contribution in [3.63, 3.8) is 0 Å². The Morgan fingerprint density at radius 1 is 0.607 bits per heavy atom. The highest BCUT2D eigenvalue weighted by atomic mass is 79.9. The number of hydrogen-bond acceptors (Lipinski definition) is 1. The quantitative estimate of drug-likeness (QED) is 0.315. The van der Waals surface area contributed by atoms with Gasteiger partial charge in [0.1, 0.15) is 0 Å². The van der Waals surface area contributed by atoms with E-state index in [-0.39, 0.29) is 0 Å². The molecule has 0 saturated carbocycles. The second kappa shape index (κ2) is 8.31. The van der Waals surface area contributed by atoms with Gasteiger partial charge >= 0.3 is 0 Å². The summed E-state index contributed by atoms with van der Waals surface area (Å²) in [5.74, 6) is 0. The van der Waals surface area contributed by atoms with E-state index in [4.69, 9.17) is 4.74 Å². The number of nitrogens with zero attached hydrogens (tertiary/aromatic N) is 1. The Morgan fingerprint density at radius 3 is 1.43 bits per heavy atom. The summed E-state index contributed by atoms with van der Waals surface area (Å²) in [7, 11) is -2.22. The van der Waals surface area contributed by atoms with Crippen LogP contribution in [0.5, 0.6) is 0 Å². The van der Waals surface area contributed by atoms with E-state index < -0.39 is 7.05 Å². The molecular weight excluding hydrogens is 425 g/mol. The van der Waals surface area contributed by atoms with Crippen molar-refractivity contribution in [1.29, 1.82) is 0 Å². The van der Waals surface area contributed by atoms with Crippen LogP contribution >= 0.6 is 23.0 Å². The molecule has 0 aromatic heterocycles. The molecule has 0 spiro atoms. The number of rotatable bonds is 4. The lowest BCUT2D eigenvalue weighted by Gasteiger charge is -2.27. The molecule has 0 aliphatic rings. The first kappa shape index (κ1) is 18.9. The Bertz CT molecular complexity index is 1020. The van der Waals surface area contributed by atoms with Crippen LogP contribution in [0.25, 0.3) is 0 Å². The molecule has 0 bridgehead atoms. The van der Waals surface area contributed by atoms with Crippen LogP contribution in [0.15, 0.2) is 118 Å². The van der Waals surface area contributed by atoms with Gasteiger partial charge < -0.3 is 0 Å². The molecule has 0 N–H and O–H groups in total. The summed E-state index contributed by atoms with van der Waals surface area (Å²) in [6.45, 7) is 2.10. The largest absolute Gasteiger partial charge is 0.253 e. The highest BCUT2D eigenvalue weighted by molar-refractivity contribution is 9.10. The van der Waals surface area contributed by atoms with Crippen molar-refractivity contribution in [2.45, 2.75) is 6.92 Å². The summed E-state index contributed by atoms with van der Waals surface area (Å²) in [6, 6.07) is 38.5. The minimum atomic E-state index is -2.22. The van der Waals surface area contributed by atoms with Crippen LogP contribution in [-0.2, 0) is 0 Å². The van der Waals surface area contributed by atoms with Crippen LogP contribution in [-0.4, -0.2) is 0 Å². The molecule has 0 radical (unpaired) electrons. The number of aryl methyl sites for hydroxylation is 1. The van der Waals surface area contributed by atoms with Crippen LogP contribution in [0.1, 0.15) is 5.56 Å². The Labute approximate surface area is 175 Å². The Kier molecular flexibility index (Phi) is 5.62. The van der Waals surface area contributed by atoms with Crippen molar-refractivity contribution < 1.29 is 0 Å². The molecule has 28 heavy (non-hydrogen) atoms. The molecule has 4 aromatic carbocycles. The van der Waals surface area contributed by atoms with Crippen LogP contribution in [0.2, 0.25) is 0 Å². The third kappa shape index (κ3) is 3.63. The molecular formula is C25H21BrNP. The first-order valence-corrected chi connectivity index (χ1v) is 11.8. The van der Waals surface area contributed by atoms with E-state index in [2.05, 4.69) is 132 Å². The summed E-state index contributed by atoms with van der Waals surface area (Å²) in [5.41, 5.74) is 2.20. The third-order valence-electron chi connectivity index (χ3n) is 4.75. The average Bonchev–Trinajstić information content (AvgIpc) is 2.75. The van der Waals surface area contributed by atoms with Gasteiger partial charge in [0, 0.05) is 20.4 Å². The van der Waals surface area contributed by atoms with Gasteiger partial charge in [0.15, 0.2) is 0 Å². The summed E-state index contributed by atoms with van der Waals surface area (Å²) in [6.07, 6.45) is 0. The second-order valence-electron chi connectivity index (χ2n) is 6.70.